The van der Waals surface area contributed by atoms with E-state index in [0.29, 0.717) is 16.0 Å². The lowest BCUT2D eigenvalue weighted by Crippen LogP contribution is -2.33. The molecule has 1 amide bonds. The minimum Gasteiger partial charge on any atom is -0.325 e. The van der Waals surface area contributed by atoms with Gasteiger partial charge in [0.2, 0.25) is 5.91 Å². The number of aryl methyl sites for hydroxylation is 2. The number of nitriles is 1. The molecule has 0 unspecified atom stereocenters. The molecule has 1 N–H and O–H groups in total. The smallest absolute Gasteiger partial charge is 0.263 e. The number of thiophene rings is 1. The van der Waals surface area contributed by atoms with Crippen molar-refractivity contribution in [3.8, 4) is 17.2 Å². The Labute approximate surface area is 201 Å². The summed E-state index contributed by atoms with van der Waals surface area (Å²) in [6.45, 7) is 4.19. The Morgan fingerprint density at radius 2 is 1.97 bits per heavy atom. The van der Waals surface area contributed by atoms with E-state index >= 15 is 0 Å². The highest BCUT2D eigenvalue weighted by atomic mass is 32.1. The number of rotatable bonds is 7. The maximum Gasteiger partial charge on any atom is 0.263 e. The molecular formula is C26H25N5O2S. The number of anilines is 1. The van der Waals surface area contributed by atoms with Crippen LogP contribution in [0.5, 0.6) is 0 Å². The van der Waals surface area contributed by atoms with E-state index in [2.05, 4.69) is 11.4 Å². The number of fused-ring (bicyclic) bond motifs is 1. The average Bonchev–Trinajstić information content (AvgIpc) is 3.23. The molecule has 7 nitrogen and oxygen atoms in total. The summed E-state index contributed by atoms with van der Waals surface area (Å²) in [5.74, 6) is 0.302. The van der Waals surface area contributed by atoms with Gasteiger partial charge in [-0.15, -0.1) is 11.3 Å². The van der Waals surface area contributed by atoms with Crippen molar-refractivity contribution in [1.82, 2.24) is 14.5 Å². The first-order valence-corrected chi connectivity index (χ1v) is 11.7. The SMILES string of the molecule is Cc1ccc(C)c(NC(=O)CN(C)Cc2nc3scc(-c4ccccc4)c3c(=O)n2CC#N)c1. The zero-order valence-corrected chi connectivity index (χ0v) is 20.1. The van der Waals surface area contributed by atoms with Crippen molar-refractivity contribution in [3.63, 3.8) is 0 Å². The third kappa shape index (κ3) is 4.91. The van der Waals surface area contributed by atoms with Crippen LogP contribution in [0.3, 0.4) is 0 Å². The quantitative estimate of drug-likeness (QED) is 0.433. The summed E-state index contributed by atoms with van der Waals surface area (Å²) < 4.78 is 1.40. The number of hydrogen-bond acceptors (Lipinski definition) is 6. The number of hydrogen-bond donors (Lipinski definition) is 1. The molecule has 0 atom stereocenters. The Bertz CT molecular complexity index is 1450. The third-order valence-corrected chi connectivity index (χ3v) is 6.45. The second-order valence-electron chi connectivity index (χ2n) is 8.31. The molecule has 4 aromatic rings. The topological polar surface area (TPSA) is 91.0 Å². The van der Waals surface area contributed by atoms with Crippen LogP contribution in [0.15, 0.2) is 58.7 Å². The van der Waals surface area contributed by atoms with Crippen molar-refractivity contribution in [2.45, 2.75) is 26.9 Å². The van der Waals surface area contributed by atoms with Gasteiger partial charge in [0.15, 0.2) is 0 Å². The highest BCUT2D eigenvalue weighted by Gasteiger charge is 2.19. The monoisotopic (exact) mass is 471 g/mol. The summed E-state index contributed by atoms with van der Waals surface area (Å²) in [6, 6.07) is 17.7. The van der Waals surface area contributed by atoms with Crippen LogP contribution >= 0.6 is 11.3 Å². The fraction of sp³-hybridized carbons (Fsp3) is 0.231. The van der Waals surface area contributed by atoms with E-state index in [4.69, 9.17) is 4.98 Å². The van der Waals surface area contributed by atoms with Gasteiger partial charge in [0.1, 0.15) is 17.2 Å². The van der Waals surface area contributed by atoms with Crippen molar-refractivity contribution >= 4 is 33.1 Å². The van der Waals surface area contributed by atoms with Crippen LogP contribution in [0.2, 0.25) is 0 Å². The maximum absolute atomic E-state index is 13.4. The van der Waals surface area contributed by atoms with Crippen LogP contribution in [0.25, 0.3) is 21.3 Å². The average molecular weight is 472 g/mol. The molecule has 4 rings (SSSR count). The zero-order valence-electron chi connectivity index (χ0n) is 19.3. The van der Waals surface area contributed by atoms with Gasteiger partial charge in [-0.3, -0.25) is 19.1 Å². The lowest BCUT2D eigenvalue weighted by molar-refractivity contribution is -0.117. The van der Waals surface area contributed by atoms with Gasteiger partial charge >= 0.3 is 0 Å². The number of benzene rings is 2. The molecule has 0 saturated heterocycles. The largest absolute Gasteiger partial charge is 0.325 e. The number of nitrogens with one attached hydrogen (secondary N) is 1. The standard InChI is InChI=1S/C26H25N5O2S/c1-17-9-10-18(2)21(13-17)28-23(32)15-30(3)14-22-29-25-24(26(33)31(22)12-11-27)20(16-34-25)19-7-5-4-6-8-19/h4-10,13,16H,12,14-15H2,1-3H3,(H,28,32). The first-order chi connectivity index (χ1) is 16.4. The second-order valence-corrected chi connectivity index (χ2v) is 9.17. The van der Waals surface area contributed by atoms with Crippen LogP contribution in [-0.4, -0.2) is 34.0 Å². The Balaban J connectivity index is 1.59. The van der Waals surface area contributed by atoms with Gasteiger partial charge in [0.25, 0.3) is 5.56 Å². The number of amides is 1. The fourth-order valence-corrected chi connectivity index (χ4v) is 4.81. The minimum atomic E-state index is -0.241. The fourth-order valence-electron chi connectivity index (χ4n) is 3.85. The molecule has 8 heteroatoms. The van der Waals surface area contributed by atoms with Gasteiger partial charge in [0, 0.05) is 16.6 Å². The minimum absolute atomic E-state index is 0.107. The Morgan fingerprint density at radius 1 is 1.21 bits per heavy atom. The molecule has 0 aliphatic heterocycles. The molecule has 2 aromatic heterocycles. The summed E-state index contributed by atoms with van der Waals surface area (Å²) in [5.41, 5.74) is 4.35. The Hall–Kier alpha value is -3.80. The van der Waals surface area contributed by atoms with Crippen molar-refractivity contribution in [3.05, 3.63) is 81.2 Å². The van der Waals surface area contributed by atoms with Gasteiger partial charge in [0.05, 0.1) is 24.5 Å². The molecule has 0 bridgehead atoms. The van der Waals surface area contributed by atoms with Gasteiger partial charge in [-0.1, -0.05) is 42.5 Å². The van der Waals surface area contributed by atoms with E-state index < -0.39 is 0 Å². The number of carbonyl (C=O) groups is 1. The summed E-state index contributed by atoms with van der Waals surface area (Å²) in [4.78, 5) is 33.2. The van der Waals surface area contributed by atoms with Crippen LogP contribution in [0, 0.1) is 25.2 Å². The first kappa shape index (κ1) is 23.4. The van der Waals surface area contributed by atoms with E-state index in [0.717, 1.165) is 27.9 Å². The summed E-state index contributed by atoms with van der Waals surface area (Å²) in [6.07, 6.45) is 0. The van der Waals surface area contributed by atoms with Crippen LogP contribution in [0.1, 0.15) is 17.0 Å². The molecule has 172 valence electrons. The molecule has 0 aliphatic carbocycles. The zero-order chi connectivity index (χ0) is 24.2. The molecule has 0 fully saturated rings. The Kier molecular flexibility index (Phi) is 6.87. The summed E-state index contributed by atoms with van der Waals surface area (Å²) in [5, 5.41) is 14.8. The first-order valence-electron chi connectivity index (χ1n) is 10.9. The van der Waals surface area contributed by atoms with Gasteiger partial charge < -0.3 is 5.32 Å². The van der Waals surface area contributed by atoms with E-state index in [1.54, 1.807) is 11.9 Å². The summed E-state index contributed by atoms with van der Waals surface area (Å²) >= 11 is 1.40. The predicted molar refractivity (Wildman–Crippen MR) is 136 cm³/mol. The lowest BCUT2D eigenvalue weighted by Gasteiger charge is -2.18. The van der Waals surface area contributed by atoms with Crippen molar-refractivity contribution in [1.29, 1.82) is 5.26 Å². The number of aromatic nitrogens is 2. The molecule has 0 aliphatic rings. The van der Waals surface area contributed by atoms with Gasteiger partial charge in [-0.2, -0.15) is 5.26 Å². The molecule has 34 heavy (non-hydrogen) atoms. The van der Waals surface area contributed by atoms with Crippen LogP contribution < -0.4 is 10.9 Å². The molecule has 2 aromatic carbocycles. The van der Waals surface area contributed by atoms with Crippen molar-refractivity contribution in [2.75, 3.05) is 18.9 Å². The van der Waals surface area contributed by atoms with E-state index in [1.807, 2.05) is 67.8 Å². The summed E-state index contributed by atoms with van der Waals surface area (Å²) in [7, 11) is 1.79. The molecule has 0 saturated carbocycles. The van der Waals surface area contributed by atoms with E-state index in [-0.39, 0.29) is 31.1 Å². The third-order valence-electron chi connectivity index (χ3n) is 5.58. The molecule has 0 spiro atoms. The maximum atomic E-state index is 13.4. The second kappa shape index (κ2) is 10.00. The number of likely N-dealkylation sites (N-methyl/N-ethyl adjacent to an activating group) is 1. The predicted octanol–water partition coefficient (Wildman–Crippen LogP) is 4.34. The van der Waals surface area contributed by atoms with Crippen molar-refractivity contribution in [2.24, 2.45) is 0 Å². The van der Waals surface area contributed by atoms with E-state index in [1.165, 1.54) is 15.9 Å². The highest BCUT2D eigenvalue weighted by Crippen LogP contribution is 2.31. The number of nitrogens with zero attached hydrogens (tertiary/aromatic N) is 4. The number of carbonyl (C=O) groups excluding carboxylic acids is 1. The molecule has 0 radical (unpaired) electrons. The molecule has 2 heterocycles. The molecular weight excluding hydrogens is 446 g/mol. The lowest BCUT2D eigenvalue weighted by atomic mass is 10.1. The Morgan fingerprint density at radius 3 is 2.71 bits per heavy atom. The highest BCUT2D eigenvalue weighted by molar-refractivity contribution is 7.17. The van der Waals surface area contributed by atoms with Gasteiger partial charge in [-0.05, 0) is 43.7 Å². The van der Waals surface area contributed by atoms with Crippen molar-refractivity contribution < 1.29 is 4.79 Å². The van der Waals surface area contributed by atoms with Gasteiger partial charge in [-0.25, -0.2) is 4.98 Å². The van der Waals surface area contributed by atoms with Crippen LogP contribution in [-0.2, 0) is 17.9 Å². The van der Waals surface area contributed by atoms with E-state index in [9.17, 15) is 14.9 Å². The normalized spacial score (nSPS) is 11.0. The van der Waals surface area contributed by atoms with Crippen LogP contribution in [0.4, 0.5) is 5.69 Å².